The Morgan fingerprint density at radius 2 is 2.20 bits per heavy atom. The monoisotopic (exact) mass is 281 g/mol. The van der Waals surface area contributed by atoms with Crippen molar-refractivity contribution in [3.8, 4) is 0 Å². The van der Waals surface area contributed by atoms with E-state index >= 15 is 0 Å². The third kappa shape index (κ3) is 5.52. The molecule has 0 atom stereocenters. The minimum absolute atomic E-state index is 0.188. The molecule has 6 heteroatoms. The Hall–Kier alpha value is -1.69. The van der Waals surface area contributed by atoms with Gasteiger partial charge in [0.05, 0.1) is 0 Å². The lowest BCUT2D eigenvalue weighted by molar-refractivity contribution is 0.0936. The van der Waals surface area contributed by atoms with E-state index in [1.807, 2.05) is 20.8 Å². The summed E-state index contributed by atoms with van der Waals surface area (Å²) in [4.78, 5) is 23.5. The average molecular weight is 281 g/mol. The summed E-state index contributed by atoms with van der Waals surface area (Å²) >= 11 is 0. The molecule has 1 aromatic rings. The maximum absolute atomic E-state index is 11.9. The number of aromatic nitrogens is 2. The molecule has 0 fully saturated rings. The van der Waals surface area contributed by atoms with Gasteiger partial charge in [-0.3, -0.25) is 9.59 Å². The number of amides is 1. The summed E-state index contributed by atoms with van der Waals surface area (Å²) in [5.74, 6) is 0.0312. The minimum atomic E-state index is -0.265. The topological polar surface area (TPSA) is 73.2 Å². The largest absolute Gasteiger partial charge is 0.382 e. The van der Waals surface area contributed by atoms with Crippen LogP contribution in [0.4, 0.5) is 0 Å². The van der Waals surface area contributed by atoms with Crippen LogP contribution < -0.4 is 10.9 Å². The van der Waals surface area contributed by atoms with Crippen molar-refractivity contribution in [1.82, 2.24) is 15.1 Å². The molecule has 0 spiro atoms. The summed E-state index contributed by atoms with van der Waals surface area (Å²) in [6.07, 6.45) is 0.755. The van der Waals surface area contributed by atoms with Gasteiger partial charge in [0.25, 0.3) is 11.5 Å². The molecule has 1 heterocycles. The second kappa shape index (κ2) is 8.47. The third-order valence-corrected chi connectivity index (χ3v) is 2.59. The summed E-state index contributed by atoms with van der Waals surface area (Å²) in [6.45, 7) is 8.25. The standard InChI is InChI=1S/C14H23N3O3/c1-4-20-9-5-8-15-14(19)12-6-7-13(18)17(16-12)10-11(2)3/h6-7,11H,4-5,8-10H2,1-3H3,(H,15,19). The van der Waals surface area contributed by atoms with Crippen molar-refractivity contribution in [3.63, 3.8) is 0 Å². The van der Waals surface area contributed by atoms with Gasteiger partial charge in [-0.1, -0.05) is 13.8 Å². The molecule has 0 aromatic carbocycles. The molecule has 0 radical (unpaired) electrons. The van der Waals surface area contributed by atoms with E-state index < -0.39 is 0 Å². The lowest BCUT2D eigenvalue weighted by Gasteiger charge is -2.09. The summed E-state index contributed by atoms with van der Waals surface area (Å²) in [6, 6.07) is 2.83. The predicted octanol–water partition coefficient (Wildman–Crippen LogP) is 1.06. The molecule has 1 N–H and O–H groups in total. The highest BCUT2D eigenvalue weighted by Gasteiger charge is 2.09. The van der Waals surface area contributed by atoms with Crippen LogP contribution in [-0.2, 0) is 11.3 Å². The zero-order valence-corrected chi connectivity index (χ0v) is 12.4. The van der Waals surface area contributed by atoms with Gasteiger partial charge < -0.3 is 10.1 Å². The van der Waals surface area contributed by atoms with Crippen molar-refractivity contribution in [2.45, 2.75) is 33.7 Å². The number of hydrogen-bond acceptors (Lipinski definition) is 4. The summed E-state index contributed by atoms with van der Waals surface area (Å²) in [7, 11) is 0. The Balaban J connectivity index is 2.57. The van der Waals surface area contributed by atoms with Crippen molar-refractivity contribution in [2.75, 3.05) is 19.8 Å². The minimum Gasteiger partial charge on any atom is -0.382 e. The molecular weight excluding hydrogens is 258 g/mol. The van der Waals surface area contributed by atoms with Crippen LogP contribution >= 0.6 is 0 Å². The zero-order chi connectivity index (χ0) is 15.0. The van der Waals surface area contributed by atoms with Crippen LogP contribution in [0.25, 0.3) is 0 Å². The van der Waals surface area contributed by atoms with E-state index in [2.05, 4.69) is 10.4 Å². The maximum Gasteiger partial charge on any atom is 0.271 e. The smallest absolute Gasteiger partial charge is 0.271 e. The van der Waals surface area contributed by atoms with Crippen molar-refractivity contribution >= 4 is 5.91 Å². The number of ether oxygens (including phenoxy) is 1. The van der Waals surface area contributed by atoms with Crippen molar-refractivity contribution in [3.05, 3.63) is 28.2 Å². The van der Waals surface area contributed by atoms with E-state index in [0.717, 1.165) is 6.42 Å². The van der Waals surface area contributed by atoms with Crippen LogP contribution in [0.3, 0.4) is 0 Å². The number of carbonyl (C=O) groups is 1. The molecule has 1 rings (SSSR count). The van der Waals surface area contributed by atoms with Crippen LogP contribution in [0.1, 0.15) is 37.7 Å². The molecule has 1 amide bonds. The first-order chi connectivity index (χ1) is 9.54. The fraction of sp³-hybridized carbons (Fsp3) is 0.643. The van der Waals surface area contributed by atoms with Gasteiger partial charge in [-0.25, -0.2) is 4.68 Å². The molecule has 0 aliphatic heterocycles. The highest BCUT2D eigenvalue weighted by Crippen LogP contribution is 1.96. The maximum atomic E-state index is 11.9. The number of rotatable bonds is 8. The normalized spacial score (nSPS) is 10.8. The molecule has 0 bridgehead atoms. The molecule has 0 saturated heterocycles. The van der Waals surface area contributed by atoms with E-state index in [4.69, 9.17) is 4.74 Å². The predicted molar refractivity (Wildman–Crippen MR) is 76.8 cm³/mol. The van der Waals surface area contributed by atoms with Crippen molar-refractivity contribution < 1.29 is 9.53 Å². The number of carbonyl (C=O) groups excluding carboxylic acids is 1. The Bertz CT molecular complexity index is 483. The van der Waals surface area contributed by atoms with Crippen LogP contribution in [0.5, 0.6) is 0 Å². The van der Waals surface area contributed by atoms with E-state index in [1.54, 1.807) is 0 Å². The SMILES string of the molecule is CCOCCCNC(=O)c1ccc(=O)n(CC(C)C)n1. The van der Waals surface area contributed by atoms with Gasteiger partial charge in [0.2, 0.25) is 0 Å². The van der Waals surface area contributed by atoms with Gasteiger partial charge in [0.15, 0.2) is 0 Å². The number of nitrogens with one attached hydrogen (secondary N) is 1. The van der Waals surface area contributed by atoms with Crippen molar-refractivity contribution in [2.24, 2.45) is 5.92 Å². The van der Waals surface area contributed by atoms with E-state index in [0.29, 0.717) is 32.2 Å². The van der Waals surface area contributed by atoms with Gasteiger partial charge in [-0.05, 0) is 25.3 Å². The van der Waals surface area contributed by atoms with Gasteiger partial charge in [0.1, 0.15) is 5.69 Å². The highest BCUT2D eigenvalue weighted by molar-refractivity contribution is 5.91. The molecule has 20 heavy (non-hydrogen) atoms. The summed E-state index contributed by atoms with van der Waals surface area (Å²) in [5.41, 5.74) is 0.0771. The lowest BCUT2D eigenvalue weighted by Crippen LogP contribution is -2.31. The second-order valence-electron chi connectivity index (χ2n) is 4.94. The molecule has 0 saturated carbocycles. The Morgan fingerprint density at radius 1 is 1.45 bits per heavy atom. The average Bonchev–Trinajstić information content (AvgIpc) is 2.40. The van der Waals surface area contributed by atoms with Gasteiger partial charge >= 0.3 is 0 Å². The number of nitrogens with zero attached hydrogens (tertiary/aromatic N) is 2. The molecule has 0 aliphatic rings. The van der Waals surface area contributed by atoms with Crippen LogP contribution in [0.2, 0.25) is 0 Å². The van der Waals surface area contributed by atoms with Gasteiger partial charge in [-0.15, -0.1) is 0 Å². The molecule has 6 nitrogen and oxygen atoms in total. The fourth-order valence-corrected chi connectivity index (χ4v) is 1.66. The molecule has 0 aliphatic carbocycles. The van der Waals surface area contributed by atoms with Gasteiger partial charge in [0, 0.05) is 32.4 Å². The zero-order valence-electron chi connectivity index (χ0n) is 12.4. The Kier molecular flexibility index (Phi) is 6.93. The Labute approximate surface area is 119 Å². The molecule has 0 unspecified atom stereocenters. The Morgan fingerprint density at radius 3 is 2.85 bits per heavy atom. The molecule has 112 valence electrons. The van der Waals surface area contributed by atoms with E-state index in [9.17, 15) is 9.59 Å². The number of hydrogen-bond donors (Lipinski definition) is 1. The molecular formula is C14H23N3O3. The van der Waals surface area contributed by atoms with Gasteiger partial charge in [-0.2, -0.15) is 5.10 Å². The van der Waals surface area contributed by atoms with E-state index in [-0.39, 0.29) is 17.2 Å². The summed E-state index contributed by atoms with van der Waals surface area (Å²) < 4.78 is 6.52. The fourth-order valence-electron chi connectivity index (χ4n) is 1.66. The first-order valence-corrected chi connectivity index (χ1v) is 6.98. The second-order valence-corrected chi connectivity index (χ2v) is 4.94. The molecule has 1 aromatic heterocycles. The highest BCUT2D eigenvalue weighted by atomic mass is 16.5. The lowest BCUT2D eigenvalue weighted by atomic mass is 10.2. The third-order valence-electron chi connectivity index (χ3n) is 2.59. The quantitative estimate of drug-likeness (QED) is 0.723. The van der Waals surface area contributed by atoms with Crippen molar-refractivity contribution in [1.29, 1.82) is 0 Å². The van der Waals surface area contributed by atoms with E-state index in [1.165, 1.54) is 16.8 Å². The van der Waals surface area contributed by atoms with Crippen LogP contribution in [0.15, 0.2) is 16.9 Å². The van der Waals surface area contributed by atoms with Crippen LogP contribution in [-0.4, -0.2) is 35.4 Å². The van der Waals surface area contributed by atoms with Crippen LogP contribution in [0, 0.1) is 5.92 Å². The first-order valence-electron chi connectivity index (χ1n) is 6.98. The summed E-state index contributed by atoms with van der Waals surface area (Å²) in [5, 5.41) is 6.85. The first kappa shape index (κ1) is 16.4.